The molecule has 3 aromatic carbocycles. The zero-order chi connectivity index (χ0) is 21.0. The van der Waals surface area contributed by atoms with E-state index in [9.17, 15) is 13.2 Å². The molecule has 0 unspecified atom stereocenters. The molecule has 0 saturated carbocycles. The lowest BCUT2D eigenvalue weighted by atomic mass is 10.1. The van der Waals surface area contributed by atoms with Crippen LogP contribution in [-0.2, 0) is 10.0 Å². The Morgan fingerprint density at radius 3 is 2.24 bits per heavy atom. The summed E-state index contributed by atoms with van der Waals surface area (Å²) in [7, 11) is 0.126. The maximum absolute atomic E-state index is 12.8. The predicted molar refractivity (Wildman–Crippen MR) is 117 cm³/mol. The summed E-state index contributed by atoms with van der Waals surface area (Å²) in [6, 6.07) is 18.0. The zero-order valence-electron chi connectivity index (χ0n) is 16.8. The molecule has 0 aliphatic carbocycles. The number of nitrogens with one attached hydrogen (secondary N) is 2. The summed E-state index contributed by atoms with van der Waals surface area (Å²) < 4.78 is 28.3. The molecular formula is C22H25N3O3S. The fourth-order valence-electron chi connectivity index (χ4n) is 3.14. The Labute approximate surface area is 171 Å². The average molecular weight is 412 g/mol. The molecule has 2 N–H and O–H groups in total. The number of anilines is 1. The summed E-state index contributed by atoms with van der Waals surface area (Å²) in [6.07, 6.45) is 0. The van der Waals surface area contributed by atoms with Gasteiger partial charge in [-0.05, 0) is 31.2 Å². The van der Waals surface area contributed by atoms with Crippen LogP contribution in [0.1, 0.15) is 15.9 Å². The molecule has 0 saturated heterocycles. The molecule has 1 amide bonds. The van der Waals surface area contributed by atoms with Gasteiger partial charge in [-0.1, -0.05) is 42.0 Å². The molecule has 0 spiro atoms. The highest BCUT2D eigenvalue weighted by Crippen LogP contribution is 2.29. The van der Waals surface area contributed by atoms with Gasteiger partial charge in [0.2, 0.25) is 10.0 Å². The molecule has 0 atom stereocenters. The Hall–Kier alpha value is -2.90. The molecule has 0 aromatic heterocycles. The first-order valence-corrected chi connectivity index (χ1v) is 10.8. The highest BCUT2D eigenvalue weighted by molar-refractivity contribution is 7.89. The summed E-state index contributed by atoms with van der Waals surface area (Å²) in [5.41, 5.74) is 2.57. The smallest absolute Gasteiger partial charge is 0.251 e. The van der Waals surface area contributed by atoms with Crippen LogP contribution in [0.5, 0.6) is 0 Å². The second kappa shape index (κ2) is 8.63. The number of hydrogen-bond acceptors (Lipinski definition) is 4. The van der Waals surface area contributed by atoms with Crippen LogP contribution in [0.15, 0.2) is 65.6 Å². The maximum atomic E-state index is 12.8. The van der Waals surface area contributed by atoms with Gasteiger partial charge in [0.15, 0.2) is 0 Å². The van der Waals surface area contributed by atoms with Crippen molar-refractivity contribution in [3.8, 4) is 0 Å². The van der Waals surface area contributed by atoms with Crippen molar-refractivity contribution < 1.29 is 13.2 Å². The van der Waals surface area contributed by atoms with Crippen LogP contribution < -0.4 is 14.9 Å². The van der Waals surface area contributed by atoms with E-state index in [0.717, 1.165) is 16.6 Å². The Morgan fingerprint density at radius 1 is 0.897 bits per heavy atom. The van der Waals surface area contributed by atoms with Crippen molar-refractivity contribution in [2.75, 3.05) is 32.1 Å². The number of carbonyl (C=O) groups is 1. The van der Waals surface area contributed by atoms with Gasteiger partial charge in [-0.2, -0.15) is 0 Å². The highest BCUT2D eigenvalue weighted by Gasteiger charge is 2.18. The lowest BCUT2D eigenvalue weighted by Gasteiger charge is -2.17. The van der Waals surface area contributed by atoms with Gasteiger partial charge in [0, 0.05) is 49.2 Å². The topological polar surface area (TPSA) is 78.5 Å². The van der Waals surface area contributed by atoms with E-state index in [2.05, 4.69) is 10.0 Å². The van der Waals surface area contributed by atoms with Gasteiger partial charge in [0.1, 0.15) is 0 Å². The van der Waals surface area contributed by atoms with E-state index in [1.165, 1.54) is 0 Å². The molecule has 0 aliphatic rings. The third-order valence-corrected chi connectivity index (χ3v) is 6.17. The minimum absolute atomic E-state index is 0.101. The van der Waals surface area contributed by atoms with Crippen LogP contribution in [0.2, 0.25) is 0 Å². The standard InChI is InChI=1S/C22H25N3O3S/c1-16-10-12-17(13-11-16)22(26)23-14-15-24-29(27,28)21-9-5-6-18-19(21)7-4-8-20(18)25(2)3/h4-13,24H,14-15H2,1-3H3,(H,23,26). The number of aryl methyl sites for hydroxylation is 1. The molecule has 29 heavy (non-hydrogen) atoms. The Kier molecular flexibility index (Phi) is 6.20. The summed E-state index contributed by atoms with van der Waals surface area (Å²) in [6.45, 7) is 2.24. The maximum Gasteiger partial charge on any atom is 0.251 e. The first-order valence-electron chi connectivity index (χ1n) is 9.33. The molecule has 3 aromatic rings. The van der Waals surface area contributed by atoms with Gasteiger partial charge in [-0.3, -0.25) is 4.79 Å². The number of hydrogen-bond donors (Lipinski definition) is 2. The van der Waals surface area contributed by atoms with E-state index in [1.54, 1.807) is 30.3 Å². The third-order valence-electron chi connectivity index (χ3n) is 4.65. The first-order chi connectivity index (χ1) is 13.8. The van der Waals surface area contributed by atoms with Crippen molar-refractivity contribution in [3.05, 3.63) is 71.8 Å². The van der Waals surface area contributed by atoms with E-state index in [0.29, 0.717) is 10.9 Å². The van der Waals surface area contributed by atoms with Gasteiger partial charge in [-0.25, -0.2) is 13.1 Å². The molecule has 6 nitrogen and oxygen atoms in total. The third kappa shape index (κ3) is 4.75. The summed E-state index contributed by atoms with van der Waals surface area (Å²) in [4.78, 5) is 14.3. The van der Waals surface area contributed by atoms with Crippen molar-refractivity contribution in [2.24, 2.45) is 0 Å². The number of amides is 1. The number of fused-ring (bicyclic) bond motifs is 1. The molecule has 0 fully saturated rings. The summed E-state index contributed by atoms with van der Waals surface area (Å²) in [5.74, 6) is -0.231. The highest BCUT2D eigenvalue weighted by atomic mass is 32.2. The van der Waals surface area contributed by atoms with Crippen LogP contribution in [0.4, 0.5) is 5.69 Å². The van der Waals surface area contributed by atoms with Gasteiger partial charge < -0.3 is 10.2 Å². The SMILES string of the molecule is Cc1ccc(C(=O)NCCNS(=O)(=O)c2cccc3c(N(C)C)cccc23)cc1. The van der Waals surface area contributed by atoms with Crippen molar-refractivity contribution in [3.63, 3.8) is 0 Å². The van der Waals surface area contributed by atoms with Crippen molar-refractivity contribution in [1.82, 2.24) is 10.0 Å². The second-order valence-corrected chi connectivity index (χ2v) is 8.78. The summed E-state index contributed by atoms with van der Waals surface area (Å²) >= 11 is 0. The Morgan fingerprint density at radius 2 is 1.55 bits per heavy atom. The van der Waals surface area contributed by atoms with E-state index < -0.39 is 10.0 Å². The normalized spacial score (nSPS) is 11.4. The van der Waals surface area contributed by atoms with Crippen LogP contribution >= 0.6 is 0 Å². The van der Waals surface area contributed by atoms with Crippen molar-refractivity contribution >= 4 is 32.4 Å². The van der Waals surface area contributed by atoms with Gasteiger partial charge in [0.05, 0.1) is 4.90 Å². The molecule has 0 radical (unpaired) electrons. The van der Waals surface area contributed by atoms with E-state index in [-0.39, 0.29) is 23.9 Å². The molecule has 3 rings (SSSR count). The molecular weight excluding hydrogens is 386 g/mol. The monoisotopic (exact) mass is 411 g/mol. The number of benzene rings is 3. The van der Waals surface area contributed by atoms with Crippen molar-refractivity contribution in [2.45, 2.75) is 11.8 Å². The minimum atomic E-state index is -3.72. The average Bonchev–Trinajstić information content (AvgIpc) is 2.70. The fraction of sp³-hybridized carbons (Fsp3) is 0.227. The van der Waals surface area contributed by atoms with Crippen LogP contribution in [-0.4, -0.2) is 41.5 Å². The molecule has 7 heteroatoms. The molecule has 152 valence electrons. The Balaban J connectivity index is 1.69. The van der Waals surface area contributed by atoms with Gasteiger partial charge >= 0.3 is 0 Å². The van der Waals surface area contributed by atoms with Gasteiger partial charge in [-0.15, -0.1) is 0 Å². The lowest BCUT2D eigenvalue weighted by molar-refractivity contribution is 0.0954. The summed E-state index contributed by atoms with van der Waals surface area (Å²) in [5, 5.41) is 4.26. The fourth-order valence-corrected chi connectivity index (χ4v) is 4.39. The minimum Gasteiger partial charge on any atom is -0.377 e. The zero-order valence-corrected chi connectivity index (χ0v) is 17.6. The quantitative estimate of drug-likeness (QED) is 0.586. The number of rotatable bonds is 7. The van der Waals surface area contributed by atoms with E-state index in [4.69, 9.17) is 0 Å². The largest absolute Gasteiger partial charge is 0.377 e. The number of nitrogens with zero attached hydrogens (tertiary/aromatic N) is 1. The Bertz CT molecular complexity index is 1120. The van der Waals surface area contributed by atoms with Crippen molar-refractivity contribution in [1.29, 1.82) is 0 Å². The van der Waals surface area contributed by atoms with E-state index in [1.807, 2.05) is 56.3 Å². The predicted octanol–water partition coefficient (Wildman–Crippen LogP) is 2.92. The van der Waals surface area contributed by atoms with Crippen LogP contribution in [0, 0.1) is 6.92 Å². The molecule has 0 aliphatic heterocycles. The van der Waals surface area contributed by atoms with Gasteiger partial charge in [0.25, 0.3) is 5.91 Å². The molecule has 0 heterocycles. The second-order valence-electron chi connectivity index (χ2n) is 7.04. The molecule has 0 bridgehead atoms. The van der Waals surface area contributed by atoms with Crippen LogP contribution in [0.25, 0.3) is 10.8 Å². The number of carbonyl (C=O) groups excluding carboxylic acids is 1. The number of sulfonamides is 1. The lowest BCUT2D eigenvalue weighted by Crippen LogP contribution is -2.34. The van der Waals surface area contributed by atoms with Crippen LogP contribution in [0.3, 0.4) is 0 Å². The van der Waals surface area contributed by atoms with E-state index >= 15 is 0 Å². The first kappa shape index (κ1) is 20.8.